The van der Waals surface area contributed by atoms with Crippen LogP contribution in [0.15, 0.2) is 12.3 Å². The zero-order valence-corrected chi connectivity index (χ0v) is 11.6. The molecule has 0 unspecified atom stereocenters. The lowest BCUT2D eigenvalue weighted by molar-refractivity contribution is -0.120. The van der Waals surface area contributed by atoms with Crippen molar-refractivity contribution >= 4 is 23.4 Å². The van der Waals surface area contributed by atoms with Crippen molar-refractivity contribution in [1.29, 1.82) is 0 Å². The molecule has 1 heterocycles. The molecule has 0 bridgehead atoms. The van der Waals surface area contributed by atoms with E-state index < -0.39 is 5.97 Å². The summed E-state index contributed by atoms with van der Waals surface area (Å²) in [6, 6.07) is 1.35. The van der Waals surface area contributed by atoms with Crippen LogP contribution in [0.5, 0.6) is 0 Å². The Morgan fingerprint density at radius 3 is 2.75 bits per heavy atom. The molecule has 1 aromatic heterocycles. The summed E-state index contributed by atoms with van der Waals surface area (Å²) in [6.45, 7) is 5.05. The van der Waals surface area contributed by atoms with Crippen LogP contribution in [-0.4, -0.2) is 35.1 Å². The Labute approximate surface area is 117 Å². The summed E-state index contributed by atoms with van der Waals surface area (Å²) >= 11 is 0. The molecular weight excluding hydrogens is 260 g/mol. The molecule has 0 atom stereocenters. The quantitative estimate of drug-likeness (QED) is 0.590. The predicted octanol–water partition coefficient (Wildman–Crippen LogP) is 0.936. The Morgan fingerprint density at radius 2 is 2.15 bits per heavy atom. The van der Waals surface area contributed by atoms with E-state index in [-0.39, 0.29) is 17.2 Å². The molecule has 1 rings (SSSR count). The molecule has 0 spiro atoms. The highest BCUT2D eigenvalue weighted by molar-refractivity contribution is 5.94. The topological polar surface area (TPSA) is 117 Å². The van der Waals surface area contributed by atoms with Crippen LogP contribution >= 0.6 is 0 Å². The highest BCUT2D eigenvalue weighted by Gasteiger charge is 2.09. The molecule has 20 heavy (non-hydrogen) atoms. The summed E-state index contributed by atoms with van der Waals surface area (Å²) in [7, 11) is 0. The lowest BCUT2D eigenvalue weighted by Crippen LogP contribution is -2.28. The summed E-state index contributed by atoms with van der Waals surface area (Å²) < 4.78 is 0. The number of nitrogens with two attached hydrogens (primary N) is 1. The van der Waals surface area contributed by atoms with Crippen LogP contribution < -0.4 is 16.4 Å². The number of carboxylic acid groups (broad SMARTS) is 1. The number of carbonyl (C=O) groups is 2. The molecule has 0 fully saturated rings. The fraction of sp³-hybridized carbons (Fsp3) is 0.462. The molecule has 0 saturated heterocycles. The molecule has 0 saturated carbocycles. The van der Waals surface area contributed by atoms with Crippen LogP contribution in [0.1, 0.15) is 30.6 Å². The average Bonchev–Trinajstić information content (AvgIpc) is 2.38. The zero-order valence-electron chi connectivity index (χ0n) is 11.6. The number of nitrogens with zero attached hydrogens (tertiary/aromatic N) is 1. The lowest BCUT2D eigenvalue weighted by Gasteiger charge is -2.09. The molecule has 1 aromatic rings. The molecule has 5 N–H and O–H groups in total. The third-order valence-corrected chi connectivity index (χ3v) is 2.53. The molecule has 0 aliphatic carbocycles. The molecule has 0 radical (unpaired) electrons. The summed E-state index contributed by atoms with van der Waals surface area (Å²) in [4.78, 5) is 26.3. The number of aromatic carboxylic acids is 1. The molecular formula is C13H20N4O3. The minimum Gasteiger partial charge on any atom is -0.478 e. The number of aromatic nitrogens is 1. The van der Waals surface area contributed by atoms with Gasteiger partial charge < -0.3 is 21.5 Å². The summed E-state index contributed by atoms with van der Waals surface area (Å²) in [5, 5.41) is 14.6. The van der Waals surface area contributed by atoms with Crippen molar-refractivity contribution in [2.75, 3.05) is 24.1 Å². The van der Waals surface area contributed by atoms with Crippen LogP contribution in [0.4, 0.5) is 11.5 Å². The first-order valence-electron chi connectivity index (χ1n) is 6.39. The Balaban J connectivity index is 2.44. The molecule has 1 amide bonds. The molecule has 7 nitrogen and oxygen atoms in total. The third-order valence-electron chi connectivity index (χ3n) is 2.53. The summed E-state index contributed by atoms with van der Waals surface area (Å²) in [5.74, 6) is -0.375. The number of hydrogen-bond acceptors (Lipinski definition) is 5. The maximum Gasteiger partial charge on any atom is 0.337 e. The van der Waals surface area contributed by atoms with Crippen molar-refractivity contribution in [3.63, 3.8) is 0 Å². The first kappa shape index (κ1) is 15.7. The summed E-state index contributed by atoms with van der Waals surface area (Å²) in [6.07, 6.45) is 1.58. The number of anilines is 2. The van der Waals surface area contributed by atoms with Gasteiger partial charge >= 0.3 is 5.97 Å². The molecule has 0 aromatic carbocycles. The largest absolute Gasteiger partial charge is 0.478 e. The lowest BCUT2D eigenvalue weighted by atomic mass is 10.2. The van der Waals surface area contributed by atoms with E-state index in [1.165, 1.54) is 12.3 Å². The average molecular weight is 280 g/mol. The van der Waals surface area contributed by atoms with Gasteiger partial charge in [-0.2, -0.15) is 0 Å². The normalized spacial score (nSPS) is 10.3. The fourth-order valence-electron chi connectivity index (χ4n) is 1.46. The van der Waals surface area contributed by atoms with E-state index in [9.17, 15) is 9.59 Å². The maximum atomic E-state index is 11.5. The Bertz CT molecular complexity index is 489. The number of rotatable bonds is 7. The number of nitrogens with one attached hydrogen (secondary N) is 2. The van der Waals surface area contributed by atoms with Gasteiger partial charge in [0.05, 0.1) is 17.4 Å². The first-order valence-corrected chi connectivity index (χ1v) is 6.39. The second kappa shape index (κ2) is 7.32. The van der Waals surface area contributed by atoms with E-state index in [0.717, 1.165) is 0 Å². The predicted molar refractivity (Wildman–Crippen MR) is 76.6 cm³/mol. The van der Waals surface area contributed by atoms with Crippen molar-refractivity contribution in [3.8, 4) is 0 Å². The van der Waals surface area contributed by atoms with E-state index in [0.29, 0.717) is 31.2 Å². The second-order valence-electron chi connectivity index (χ2n) is 4.84. The van der Waals surface area contributed by atoms with Crippen LogP contribution in [0.25, 0.3) is 0 Å². The Morgan fingerprint density at radius 1 is 1.45 bits per heavy atom. The fourth-order valence-corrected chi connectivity index (χ4v) is 1.46. The van der Waals surface area contributed by atoms with E-state index in [4.69, 9.17) is 10.8 Å². The van der Waals surface area contributed by atoms with Gasteiger partial charge in [-0.05, 0) is 12.0 Å². The number of hydrogen-bond donors (Lipinski definition) is 4. The zero-order chi connectivity index (χ0) is 15.1. The van der Waals surface area contributed by atoms with Gasteiger partial charge in [-0.3, -0.25) is 4.79 Å². The number of pyridine rings is 1. The van der Waals surface area contributed by atoms with Crippen molar-refractivity contribution in [3.05, 3.63) is 17.8 Å². The first-order chi connectivity index (χ1) is 9.40. The van der Waals surface area contributed by atoms with Crippen LogP contribution in [-0.2, 0) is 4.79 Å². The van der Waals surface area contributed by atoms with Crippen molar-refractivity contribution in [1.82, 2.24) is 10.3 Å². The number of nitrogen functional groups attached to an aromatic ring is 1. The monoisotopic (exact) mass is 280 g/mol. The van der Waals surface area contributed by atoms with E-state index in [2.05, 4.69) is 15.6 Å². The van der Waals surface area contributed by atoms with E-state index >= 15 is 0 Å². The van der Waals surface area contributed by atoms with Gasteiger partial charge in [0.2, 0.25) is 5.91 Å². The number of amides is 1. The standard InChI is InChI=1S/C13H20N4O3/c1-8(2)6-17-12(18)3-4-15-11-5-9(13(19)20)10(14)7-16-11/h5,7-8H,3-4,6,14H2,1-2H3,(H,15,16)(H,17,18)(H,19,20). The van der Waals surface area contributed by atoms with Crippen LogP contribution in [0.2, 0.25) is 0 Å². The SMILES string of the molecule is CC(C)CNC(=O)CCNc1cc(C(=O)O)c(N)cn1. The van der Waals surface area contributed by atoms with Crippen LogP contribution in [0.3, 0.4) is 0 Å². The van der Waals surface area contributed by atoms with Gasteiger partial charge in [0, 0.05) is 19.5 Å². The van der Waals surface area contributed by atoms with Crippen LogP contribution in [0, 0.1) is 5.92 Å². The number of carboxylic acids is 1. The maximum absolute atomic E-state index is 11.5. The van der Waals surface area contributed by atoms with E-state index in [1.54, 1.807) is 0 Å². The molecule has 0 aliphatic heterocycles. The minimum absolute atomic E-state index is 0.00763. The minimum atomic E-state index is -1.11. The Kier molecular flexibility index (Phi) is 5.76. The highest BCUT2D eigenvalue weighted by Crippen LogP contribution is 2.14. The molecule has 0 aliphatic rings. The van der Waals surface area contributed by atoms with Gasteiger partial charge in [-0.15, -0.1) is 0 Å². The second-order valence-corrected chi connectivity index (χ2v) is 4.84. The highest BCUT2D eigenvalue weighted by atomic mass is 16.4. The molecule has 7 heteroatoms. The third kappa shape index (κ3) is 5.13. The van der Waals surface area contributed by atoms with Crippen molar-refractivity contribution < 1.29 is 14.7 Å². The van der Waals surface area contributed by atoms with Crippen molar-refractivity contribution in [2.45, 2.75) is 20.3 Å². The van der Waals surface area contributed by atoms with Gasteiger partial charge in [0.25, 0.3) is 0 Å². The number of carbonyl (C=O) groups excluding carboxylic acids is 1. The van der Waals surface area contributed by atoms with E-state index in [1.807, 2.05) is 13.8 Å². The molecule has 110 valence electrons. The summed E-state index contributed by atoms with van der Waals surface area (Å²) in [5.41, 5.74) is 5.60. The van der Waals surface area contributed by atoms with Crippen molar-refractivity contribution in [2.24, 2.45) is 5.92 Å². The Hall–Kier alpha value is -2.31. The van der Waals surface area contributed by atoms with Gasteiger partial charge in [-0.25, -0.2) is 9.78 Å². The van der Waals surface area contributed by atoms with Gasteiger partial charge in [0.15, 0.2) is 0 Å². The smallest absolute Gasteiger partial charge is 0.337 e. The van der Waals surface area contributed by atoms with Gasteiger partial charge in [0.1, 0.15) is 5.82 Å². The van der Waals surface area contributed by atoms with Gasteiger partial charge in [-0.1, -0.05) is 13.8 Å².